The summed E-state index contributed by atoms with van der Waals surface area (Å²) in [5, 5.41) is 11.5. The molecule has 7 heteroatoms. The average molecular weight is 475 g/mol. The van der Waals surface area contributed by atoms with Crippen LogP contribution in [0.2, 0.25) is 0 Å². The molecule has 0 aliphatic heterocycles. The SMILES string of the molecule is N#CCc1ccc(OCc2cccc(NC(=O)CCS(=O)(=O)c3ccc4c(c3)CCC4)c2)cc1. The van der Waals surface area contributed by atoms with Gasteiger partial charge in [0.05, 0.1) is 23.1 Å². The lowest BCUT2D eigenvalue weighted by Crippen LogP contribution is -2.17. The molecule has 1 N–H and O–H groups in total. The largest absolute Gasteiger partial charge is 0.489 e. The highest BCUT2D eigenvalue weighted by Crippen LogP contribution is 2.25. The summed E-state index contributed by atoms with van der Waals surface area (Å²) in [4.78, 5) is 12.7. The predicted molar refractivity (Wildman–Crippen MR) is 130 cm³/mol. The summed E-state index contributed by atoms with van der Waals surface area (Å²) in [5.74, 6) is 0.103. The molecule has 0 saturated heterocycles. The van der Waals surface area contributed by atoms with Gasteiger partial charge >= 0.3 is 0 Å². The highest BCUT2D eigenvalue weighted by molar-refractivity contribution is 7.91. The fourth-order valence-corrected chi connectivity index (χ4v) is 5.30. The summed E-state index contributed by atoms with van der Waals surface area (Å²) in [6.45, 7) is 0.314. The van der Waals surface area contributed by atoms with Crippen LogP contribution in [0.3, 0.4) is 0 Å². The summed E-state index contributed by atoms with van der Waals surface area (Å²) in [5.41, 5.74) is 4.70. The van der Waals surface area contributed by atoms with Gasteiger partial charge in [0.25, 0.3) is 0 Å². The Hall–Kier alpha value is -3.63. The van der Waals surface area contributed by atoms with Crippen LogP contribution >= 0.6 is 0 Å². The molecule has 0 aromatic heterocycles. The zero-order valence-corrected chi connectivity index (χ0v) is 19.6. The maximum atomic E-state index is 12.7. The van der Waals surface area contributed by atoms with Crippen molar-refractivity contribution in [3.05, 3.63) is 89.0 Å². The van der Waals surface area contributed by atoms with Crippen molar-refractivity contribution >= 4 is 21.4 Å². The van der Waals surface area contributed by atoms with Gasteiger partial charge in [-0.05, 0) is 77.9 Å². The van der Waals surface area contributed by atoms with Gasteiger partial charge in [-0.15, -0.1) is 0 Å². The second kappa shape index (κ2) is 10.5. The molecule has 0 spiro atoms. The van der Waals surface area contributed by atoms with Crippen LogP contribution in [-0.4, -0.2) is 20.1 Å². The Morgan fingerprint density at radius 3 is 2.56 bits per heavy atom. The summed E-state index contributed by atoms with van der Waals surface area (Å²) in [6, 6.07) is 22.0. The number of benzene rings is 3. The lowest BCUT2D eigenvalue weighted by Gasteiger charge is -2.10. The van der Waals surface area contributed by atoms with E-state index in [0.29, 0.717) is 29.4 Å². The van der Waals surface area contributed by atoms with Crippen LogP contribution < -0.4 is 10.1 Å². The maximum Gasteiger partial charge on any atom is 0.225 e. The molecule has 3 aromatic carbocycles. The number of ether oxygens (including phenoxy) is 1. The van der Waals surface area contributed by atoms with Crippen LogP contribution in [0.25, 0.3) is 0 Å². The number of nitriles is 1. The minimum Gasteiger partial charge on any atom is -0.489 e. The molecule has 3 aromatic rings. The number of carbonyl (C=O) groups excluding carboxylic acids is 1. The molecule has 1 aliphatic carbocycles. The molecule has 0 fully saturated rings. The number of hydrogen-bond donors (Lipinski definition) is 1. The molecule has 1 amide bonds. The van der Waals surface area contributed by atoms with Crippen molar-refractivity contribution < 1.29 is 17.9 Å². The Labute approximate surface area is 200 Å². The van der Waals surface area contributed by atoms with E-state index in [-0.39, 0.29) is 18.1 Å². The minimum atomic E-state index is -3.52. The summed E-state index contributed by atoms with van der Waals surface area (Å²) < 4.78 is 31.2. The third-order valence-electron chi connectivity index (χ3n) is 5.85. The lowest BCUT2D eigenvalue weighted by atomic mass is 10.1. The minimum absolute atomic E-state index is 0.116. The molecule has 0 unspecified atom stereocenters. The number of aryl methyl sites for hydroxylation is 2. The Balaban J connectivity index is 1.30. The predicted octanol–water partition coefficient (Wildman–Crippen LogP) is 4.62. The molecule has 34 heavy (non-hydrogen) atoms. The van der Waals surface area contributed by atoms with Crippen molar-refractivity contribution in [3.63, 3.8) is 0 Å². The van der Waals surface area contributed by atoms with Crippen LogP contribution in [0.15, 0.2) is 71.6 Å². The van der Waals surface area contributed by atoms with E-state index in [1.54, 1.807) is 24.3 Å². The van der Waals surface area contributed by atoms with Crippen molar-refractivity contribution in [2.45, 2.75) is 43.6 Å². The van der Waals surface area contributed by atoms with Crippen LogP contribution in [0.1, 0.15) is 35.1 Å². The smallest absolute Gasteiger partial charge is 0.225 e. The lowest BCUT2D eigenvalue weighted by molar-refractivity contribution is -0.115. The van der Waals surface area contributed by atoms with Gasteiger partial charge in [0.2, 0.25) is 5.91 Å². The molecule has 174 valence electrons. The van der Waals surface area contributed by atoms with E-state index in [2.05, 4.69) is 11.4 Å². The zero-order valence-electron chi connectivity index (χ0n) is 18.8. The number of hydrogen-bond acceptors (Lipinski definition) is 5. The highest BCUT2D eigenvalue weighted by atomic mass is 32.2. The Kier molecular flexibility index (Phi) is 7.29. The summed E-state index contributed by atoms with van der Waals surface area (Å²) in [7, 11) is -3.52. The number of rotatable bonds is 9. The molecule has 4 rings (SSSR count). The van der Waals surface area contributed by atoms with Gasteiger partial charge in [-0.3, -0.25) is 4.79 Å². The maximum absolute atomic E-state index is 12.7. The number of fused-ring (bicyclic) bond motifs is 1. The van der Waals surface area contributed by atoms with Crippen molar-refractivity contribution in [2.75, 3.05) is 11.1 Å². The van der Waals surface area contributed by atoms with Gasteiger partial charge in [0.15, 0.2) is 9.84 Å². The second-order valence-corrected chi connectivity index (χ2v) is 10.5. The zero-order chi connectivity index (χ0) is 24.0. The molecule has 0 radical (unpaired) electrons. The van der Waals surface area contributed by atoms with Crippen molar-refractivity contribution in [1.29, 1.82) is 5.26 Å². The molecule has 6 nitrogen and oxygen atoms in total. The van der Waals surface area contributed by atoms with Crippen molar-refractivity contribution in [2.24, 2.45) is 0 Å². The summed E-state index contributed by atoms with van der Waals surface area (Å²) in [6.07, 6.45) is 3.20. The van der Waals surface area contributed by atoms with E-state index in [1.165, 1.54) is 5.56 Å². The first-order chi connectivity index (χ1) is 16.4. The van der Waals surface area contributed by atoms with E-state index < -0.39 is 9.84 Å². The number of amides is 1. The van der Waals surface area contributed by atoms with E-state index in [9.17, 15) is 13.2 Å². The van der Waals surface area contributed by atoms with Gasteiger partial charge in [-0.25, -0.2) is 8.42 Å². The molecule has 0 saturated carbocycles. The van der Waals surface area contributed by atoms with E-state index >= 15 is 0 Å². The normalized spacial score (nSPS) is 12.6. The number of sulfone groups is 1. The van der Waals surface area contributed by atoms with Crippen LogP contribution in [0, 0.1) is 11.3 Å². The fraction of sp³-hybridized carbons (Fsp3) is 0.259. The Morgan fingerprint density at radius 1 is 0.971 bits per heavy atom. The van der Waals surface area contributed by atoms with Gasteiger partial charge in [0, 0.05) is 12.1 Å². The molecule has 1 aliphatic rings. The number of nitrogens with one attached hydrogen (secondary N) is 1. The van der Waals surface area contributed by atoms with E-state index in [1.807, 2.05) is 42.5 Å². The number of nitrogens with zero attached hydrogens (tertiary/aromatic N) is 1. The van der Waals surface area contributed by atoms with Gasteiger partial charge in [-0.1, -0.05) is 30.3 Å². The van der Waals surface area contributed by atoms with Crippen LogP contribution in [0.4, 0.5) is 5.69 Å². The first kappa shape index (κ1) is 23.5. The van der Waals surface area contributed by atoms with Crippen LogP contribution in [-0.2, 0) is 40.5 Å². The number of carbonyl (C=O) groups is 1. The van der Waals surface area contributed by atoms with Crippen molar-refractivity contribution in [3.8, 4) is 11.8 Å². The van der Waals surface area contributed by atoms with Gasteiger partial charge in [-0.2, -0.15) is 5.26 Å². The monoisotopic (exact) mass is 474 g/mol. The Bertz CT molecular complexity index is 1330. The van der Waals surface area contributed by atoms with Gasteiger partial charge < -0.3 is 10.1 Å². The third-order valence-corrected chi connectivity index (χ3v) is 7.56. The first-order valence-corrected chi connectivity index (χ1v) is 12.9. The quantitative estimate of drug-likeness (QED) is 0.488. The average Bonchev–Trinajstić information content (AvgIpc) is 3.31. The van der Waals surface area contributed by atoms with Crippen LogP contribution in [0.5, 0.6) is 5.75 Å². The third kappa shape index (κ3) is 6.03. The Morgan fingerprint density at radius 2 is 1.76 bits per heavy atom. The fourth-order valence-electron chi connectivity index (χ4n) is 4.01. The van der Waals surface area contributed by atoms with Gasteiger partial charge in [0.1, 0.15) is 12.4 Å². The van der Waals surface area contributed by atoms with E-state index in [0.717, 1.165) is 36.0 Å². The summed E-state index contributed by atoms with van der Waals surface area (Å²) >= 11 is 0. The molecule has 0 atom stereocenters. The van der Waals surface area contributed by atoms with E-state index in [4.69, 9.17) is 10.00 Å². The molecule has 0 bridgehead atoms. The topological polar surface area (TPSA) is 96.3 Å². The standard InChI is InChI=1S/C27H26N2O4S/c28-15-13-20-7-10-25(11-8-20)33-19-21-3-1-6-24(17-21)29-27(30)14-16-34(31,32)26-12-9-22-4-2-5-23(22)18-26/h1,3,6-12,17-18H,2,4-5,13-14,16,19H2,(H,29,30). The molecule has 0 heterocycles. The molecular formula is C27H26N2O4S. The van der Waals surface area contributed by atoms with Crippen molar-refractivity contribution in [1.82, 2.24) is 0 Å². The second-order valence-electron chi connectivity index (χ2n) is 8.37. The molecular weight excluding hydrogens is 448 g/mol. The first-order valence-electron chi connectivity index (χ1n) is 11.2. The number of anilines is 1. The highest BCUT2D eigenvalue weighted by Gasteiger charge is 2.20.